The number of benzene rings is 2. The quantitative estimate of drug-likeness (QED) is 0.512. The standard InChI is InChI=1S/C19H16BrN5OS/c1-10-4-6-15-18(24-27-23-15)17(10)21-9-14-12(3)22-25(19(14)26)16-7-5-13(20)8-11(16)2/h4-9,21-22H,3H2,1-2H3. The Kier molecular flexibility index (Phi) is 4.45. The van der Waals surface area contributed by atoms with Crippen molar-refractivity contribution in [2.45, 2.75) is 13.8 Å². The minimum atomic E-state index is -0.167. The maximum atomic E-state index is 12.9. The first-order chi connectivity index (χ1) is 13.0. The molecule has 8 heteroatoms. The first-order valence-corrected chi connectivity index (χ1v) is 9.73. The van der Waals surface area contributed by atoms with Crippen molar-refractivity contribution in [3.8, 4) is 5.69 Å². The van der Waals surface area contributed by atoms with E-state index < -0.39 is 0 Å². The highest BCUT2D eigenvalue weighted by atomic mass is 79.9. The van der Waals surface area contributed by atoms with E-state index in [1.807, 2.05) is 44.2 Å². The number of H-pyrrole nitrogens is 1. The maximum Gasteiger partial charge on any atom is 0.280 e. The number of rotatable bonds is 3. The predicted octanol–water partition coefficient (Wildman–Crippen LogP) is 2.81. The molecule has 2 aromatic heterocycles. The van der Waals surface area contributed by atoms with Gasteiger partial charge in [-0.15, -0.1) is 0 Å². The molecule has 2 heterocycles. The van der Waals surface area contributed by atoms with Crippen molar-refractivity contribution in [1.29, 1.82) is 0 Å². The lowest BCUT2D eigenvalue weighted by molar-refractivity contribution is 0.831. The second-order valence-electron chi connectivity index (χ2n) is 6.25. The summed E-state index contributed by atoms with van der Waals surface area (Å²) in [6, 6.07) is 9.67. The number of anilines is 1. The smallest absolute Gasteiger partial charge is 0.280 e. The van der Waals surface area contributed by atoms with Gasteiger partial charge in [0.1, 0.15) is 11.0 Å². The summed E-state index contributed by atoms with van der Waals surface area (Å²) in [6.45, 7) is 7.92. The Morgan fingerprint density at radius 2 is 2.04 bits per heavy atom. The van der Waals surface area contributed by atoms with Crippen LogP contribution in [0.25, 0.3) is 29.5 Å². The van der Waals surface area contributed by atoms with Crippen LogP contribution in [0.1, 0.15) is 11.1 Å². The van der Waals surface area contributed by atoms with Crippen LogP contribution in [-0.4, -0.2) is 18.5 Å². The number of halogens is 1. The van der Waals surface area contributed by atoms with Crippen LogP contribution in [0, 0.1) is 13.8 Å². The first kappa shape index (κ1) is 17.7. The molecule has 0 bridgehead atoms. The molecular formula is C19H16BrN5OS. The maximum absolute atomic E-state index is 12.9. The minimum absolute atomic E-state index is 0.167. The van der Waals surface area contributed by atoms with E-state index in [4.69, 9.17) is 0 Å². The zero-order valence-electron chi connectivity index (χ0n) is 14.7. The van der Waals surface area contributed by atoms with Crippen LogP contribution in [0.15, 0.2) is 39.6 Å². The summed E-state index contributed by atoms with van der Waals surface area (Å²) in [5, 5.41) is 7.29. The first-order valence-electron chi connectivity index (χ1n) is 8.21. The number of nitrogens with zero attached hydrogens (tertiary/aromatic N) is 3. The second kappa shape index (κ2) is 6.79. The van der Waals surface area contributed by atoms with Gasteiger partial charge < -0.3 is 5.32 Å². The fourth-order valence-corrected chi connectivity index (χ4v) is 3.98. The molecule has 4 rings (SSSR count). The highest BCUT2D eigenvalue weighted by molar-refractivity contribution is 9.10. The summed E-state index contributed by atoms with van der Waals surface area (Å²) in [5.74, 6) is 0. The topological polar surface area (TPSA) is 75.6 Å². The number of hydrogen-bond acceptors (Lipinski definition) is 5. The van der Waals surface area contributed by atoms with Gasteiger partial charge in [0.2, 0.25) is 0 Å². The Morgan fingerprint density at radius 3 is 2.81 bits per heavy atom. The van der Waals surface area contributed by atoms with Gasteiger partial charge in [-0.2, -0.15) is 8.75 Å². The van der Waals surface area contributed by atoms with E-state index in [1.165, 1.54) is 16.4 Å². The fourth-order valence-electron chi connectivity index (χ4n) is 2.96. The summed E-state index contributed by atoms with van der Waals surface area (Å²) in [6.07, 6.45) is 1.67. The Labute approximate surface area is 167 Å². The van der Waals surface area contributed by atoms with Crippen LogP contribution in [0.3, 0.4) is 0 Å². The number of fused-ring (bicyclic) bond motifs is 1. The lowest BCUT2D eigenvalue weighted by Crippen LogP contribution is -2.35. The molecule has 0 spiro atoms. The van der Waals surface area contributed by atoms with Crippen molar-refractivity contribution in [3.05, 3.63) is 66.9 Å². The van der Waals surface area contributed by atoms with Gasteiger partial charge in [0, 0.05) is 10.7 Å². The highest BCUT2D eigenvalue weighted by Crippen LogP contribution is 2.25. The molecule has 27 heavy (non-hydrogen) atoms. The summed E-state index contributed by atoms with van der Waals surface area (Å²) in [7, 11) is 0. The van der Waals surface area contributed by atoms with Crippen LogP contribution in [0.5, 0.6) is 0 Å². The third-order valence-electron chi connectivity index (χ3n) is 4.40. The van der Waals surface area contributed by atoms with Gasteiger partial charge in [-0.3, -0.25) is 9.89 Å². The molecule has 0 aliphatic rings. The van der Waals surface area contributed by atoms with Crippen molar-refractivity contribution < 1.29 is 0 Å². The molecule has 136 valence electrons. The molecule has 4 aromatic rings. The number of nitrogens with one attached hydrogen (secondary N) is 2. The molecule has 0 amide bonds. The number of aromatic amines is 1. The average Bonchev–Trinajstić information content (AvgIpc) is 3.20. The molecule has 0 aliphatic carbocycles. The van der Waals surface area contributed by atoms with Gasteiger partial charge in [0.15, 0.2) is 0 Å². The number of aryl methyl sites for hydroxylation is 2. The average molecular weight is 442 g/mol. The molecule has 2 N–H and O–H groups in total. The van der Waals surface area contributed by atoms with Crippen molar-refractivity contribution in [2.24, 2.45) is 0 Å². The molecule has 0 fully saturated rings. The molecule has 0 saturated carbocycles. The molecule has 2 aromatic carbocycles. The van der Waals surface area contributed by atoms with E-state index in [0.717, 1.165) is 38.0 Å². The van der Waals surface area contributed by atoms with Crippen molar-refractivity contribution in [2.75, 3.05) is 5.32 Å². The normalized spacial score (nSPS) is 12.0. The van der Waals surface area contributed by atoms with Crippen molar-refractivity contribution in [1.82, 2.24) is 18.5 Å². The number of aromatic nitrogens is 4. The Hall–Kier alpha value is -2.71. The predicted molar refractivity (Wildman–Crippen MR) is 114 cm³/mol. The van der Waals surface area contributed by atoms with Crippen LogP contribution in [0.2, 0.25) is 0 Å². The van der Waals surface area contributed by atoms with Gasteiger partial charge in [0.25, 0.3) is 5.56 Å². The summed E-state index contributed by atoms with van der Waals surface area (Å²) in [4.78, 5) is 12.9. The Bertz CT molecular complexity index is 1330. The van der Waals surface area contributed by atoms with E-state index >= 15 is 0 Å². The zero-order chi connectivity index (χ0) is 19.1. The molecule has 0 unspecified atom stereocenters. The van der Waals surface area contributed by atoms with Crippen LogP contribution >= 0.6 is 27.7 Å². The Morgan fingerprint density at radius 1 is 1.22 bits per heavy atom. The van der Waals surface area contributed by atoms with E-state index in [9.17, 15) is 4.79 Å². The molecule has 6 nitrogen and oxygen atoms in total. The SMILES string of the molecule is C=c1[nH]n(-c2ccc(Br)cc2C)c(=O)c1=CNc1c(C)ccc2nsnc12. The van der Waals surface area contributed by atoms with Gasteiger partial charge in [0.05, 0.1) is 33.7 Å². The molecule has 0 radical (unpaired) electrons. The van der Waals surface area contributed by atoms with E-state index in [2.05, 4.69) is 41.7 Å². The molecule has 0 saturated heterocycles. The van der Waals surface area contributed by atoms with Gasteiger partial charge in [-0.25, -0.2) is 4.68 Å². The Balaban J connectivity index is 1.82. The van der Waals surface area contributed by atoms with E-state index in [1.54, 1.807) is 6.20 Å². The highest BCUT2D eigenvalue weighted by Gasteiger charge is 2.10. The third kappa shape index (κ3) is 3.11. The largest absolute Gasteiger partial charge is 0.359 e. The fraction of sp³-hybridized carbons (Fsp3) is 0.105. The summed E-state index contributed by atoms with van der Waals surface area (Å²) in [5.41, 5.74) is 5.08. The van der Waals surface area contributed by atoms with Crippen molar-refractivity contribution in [3.63, 3.8) is 0 Å². The van der Waals surface area contributed by atoms with Crippen molar-refractivity contribution >= 4 is 57.2 Å². The lowest BCUT2D eigenvalue weighted by Gasteiger charge is -2.06. The zero-order valence-corrected chi connectivity index (χ0v) is 17.1. The summed E-state index contributed by atoms with van der Waals surface area (Å²) >= 11 is 4.61. The lowest BCUT2D eigenvalue weighted by atomic mass is 10.1. The summed E-state index contributed by atoms with van der Waals surface area (Å²) < 4.78 is 11.1. The molecule has 0 atom stereocenters. The van der Waals surface area contributed by atoms with Gasteiger partial charge in [-0.05, 0) is 49.2 Å². The minimum Gasteiger partial charge on any atom is -0.359 e. The second-order valence-corrected chi connectivity index (χ2v) is 7.70. The van der Waals surface area contributed by atoms with Gasteiger partial charge >= 0.3 is 0 Å². The molecule has 0 aliphatic heterocycles. The van der Waals surface area contributed by atoms with Gasteiger partial charge in [-0.1, -0.05) is 28.6 Å². The number of hydrogen-bond donors (Lipinski definition) is 2. The third-order valence-corrected chi connectivity index (χ3v) is 5.44. The van der Waals surface area contributed by atoms with Crippen LogP contribution in [0.4, 0.5) is 5.69 Å². The molecular weight excluding hydrogens is 426 g/mol. The van der Waals surface area contributed by atoms with Crippen LogP contribution < -0.4 is 21.4 Å². The monoisotopic (exact) mass is 441 g/mol. The van der Waals surface area contributed by atoms with E-state index in [0.29, 0.717) is 10.6 Å². The van der Waals surface area contributed by atoms with E-state index in [-0.39, 0.29) is 5.56 Å². The van der Waals surface area contributed by atoms with Crippen LogP contribution in [-0.2, 0) is 0 Å².